The van der Waals surface area contributed by atoms with Gasteiger partial charge in [0.25, 0.3) is 0 Å². The van der Waals surface area contributed by atoms with E-state index in [0.29, 0.717) is 5.92 Å². The summed E-state index contributed by atoms with van der Waals surface area (Å²) in [6, 6.07) is 0. The molecule has 0 bridgehead atoms. The van der Waals surface area contributed by atoms with Crippen LogP contribution in [0.4, 0.5) is 0 Å². The maximum atomic E-state index is 4.46. The molecule has 0 N–H and O–H groups in total. The average Bonchev–Trinajstić information content (AvgIpc) is 2.33. The number of hydrogen-bond acceptors (Lipinski definition) is 1. The van der Waals surface area contributed by atoms with Crippen molar-refractivity contribution in [3.63, 3.8) is 0 Å². The van der Waals surface area contributed by atoms with E-state index in [0.717, 1.165) is 5.92 Å². The molecule has 1 saturated heterocycles. The highest BCUT2D eigenvalue weighted by molar-refractivity contribution is 5.85. The average molecular weight is 226 g/mol. The molecule has 0 amide bonds. The Kier molecular flexibility index (Phi) is 8.32. The van der Waals surface area contributed by atoms with Gasteiger partial charge < -0.3 is 4.90 Å². The first kappa shape index (κ1) is 15.5. The summed E-state index contributed by atoms with van der Waals surface area (Å²) < 4.78 is 0. The number of aliphatic imine (C=N–C) groups is 1. The van der Waals surface area contributed by atoms with Crippen LogP contribution in [0.3, 0.4) is 0 Å². The van der Waals surface area contributed by atoms with E-state index >= 15 is 0 Å². The molecule has 0 spiro atoms. The van der Waals surface area contributed by atoms with E-state index in [1.807, 2.05) is 20.9 Å². The first-order valence-corrected chi connectivity index (χ1v) is 6.92. The van der Waals surface area contributed by atoms with Gasteiger partial charge in [0.2, 0.25) is 0 Å². The topological polar surface area (TPSA) is 15.6 Å². The third-order valence-corrected chi connectivity index (χ3v) is 3.46. The van der Waals surface area contributed by atoms with Gasteiger partial charge >= 0.3 is 0 Å². The molecule has 1 heterocycles. The number of piperidine rings is 1. The summed E-state index contributed by atoms with van der Waals surface area (Å²) in [6.45, 7) is 9.76. The number of amidine groups is 1. The van der Waals surface area contributed by atoms with E-state index in [9.17, 15) is 0 Å². The van der Waals surface area contributed by atoms with Crippen LogP contribution in [0.2, 0.25) is 0 Å². The van der Waals surface area contributed by atoms with Crippen molar-refractivity contribution in [3.8, 4) is 0 Å². The second kappa shape index (κ2) is 8.60. The Morgan fingerprint density at radius 2 is 1.94 bits per heavy atom. The van der Waals surface area contributed by atoms with Gasteiger partial charge in [0.05, 0.1) is 0 Å². The van der Waals surface area contributed by atoms with Crippen molar-refractivity contribution in [2.45, 2.75) is 53.4 Å². The Labute approximate surface area is 102 Å². The van der Waals surface area contributed by atoms with Crippen LogP contribution in [0.1, 0.15) is 53.4 Å². The van der Waals surface area contributed by atoms with Crippen molar-refractivity contribution in [2.24, 2.45) is 16.8 Å². The second-order valence-electron chi connectivity index (χ2n) is 4.36. The van der Waals surface area contributed by atoms with Gasteiger partial charge in [-0.25, -0.2) is 0 Å². The van der Waals surface area contributed by atoms with E-state index in [1.54, 1.807) is 0 Å². The molecule has 96 valence electrons. The number of hydrogen-bond donors (Lipinski definition) is 0. The largest absolute Gasteiger partial charge is 0.363 e. The Hall–Kier alpha value is -0.530. The molecule has 0 aliphatic carbocycles. The third kappa shape index (κ3) is 3.80. The lowest BCUT2D eigenvalue weighted by atomic mass is 9.80. The molecule has 0 aromatic heterocycles. The van der Waals surface area contributed by atoms with Gasteiger partial charge in [0.15, 0.2) is 0 Å². The summed E-state index contributed by atoms with van der Waals surface area (Å²) in [5.74, 6) is 2.91. The summed E-state index contributed by atoms with van der Waals surface area (Å²) in [4.78, 5) is 6.79. The summed E-state index contributed by atoms with van der Waals surface area (Å²) in [5, 5.41) is 0. The predicted molar refractivity (Wildman–Crippen MR) is 74.1 cm³/mol. The molecule has 1 fully saturated rings. The number of likely N-dealkylation sites (tertiary alicyclic amines) is 1. The highest BCUT2D eigenvalue weighted by atomic mass is 15.2. The van der Waals surface area contributed by atoms with Gasteiger partial charge in [0, 0.05) is 26.6 Å². The van der Waals surface area contributed by atoms with Crippen molar-refractivity contribution in [3.05, 3.63) is 0 Å². The van der Waals surface area contributed by atoms with Crippen molar-refractivity contribution in [2.75, 3.05) is 20.6 Å². The van der Waals surface area contributed by atoms with Crippen LogP contribution in [0.25, 0.3) is 0 Å². The molecule has 2 atom stereocenters. The molecule has 2 unspecified atom stereocenters. The van der Waals surface area contributed by atoms with Gasteiger partial charge in [-0.05, 0) is 25.2 Å². The van der Waals surface area contributed by atoms with Crippen LogP contribution < -0.4 is 0 Å². The van der Waals surface area contributed by atoms with Crippen LogP contribution in [0, 0.1) is 11.8 Å². The molecule has 16 heavy (non-hydrogen) atoms. The van der Waals surface area contributed by atoms with Gasteiger partial charge in [0.1, 0.15) is 5.84 Å². The molecule has 0 saturated carbocycles. The Morgan fingerprint density at radius 3 is 2.38 bits per heavy atom. The van der Waals surface area contributed by atoms with Crippen LogP contribution >= 0.6 is 0 Å². The summed E-state index contributed by atoms with van der Waals surface area (Å²) >= 11 is 0. The van der Waals surface area contributed by atoms with Crippen molar-refractivity contribution < 1.29 is 0 Å². The fourth-order valence-corrected chi connectivity index (χ4v) is 2.74. The molecule has 1 aliphatic rings. The zero-order chi connectivity index (χ0) is 12.6. The lowest BCUT2D eigenvalue weighted by Crippen LogP contribution is -2.43. The van der Waals surface area contributed by atoms with Crippen molar-refractivity contribution >= 4 is 5.84 Å². The molecular formula is C14H30N2. The SMILES string of the molecule is CC.CCCC1CCN(C)C(=NC)C1CC. The molecule has 1 rings (SSSR count). The quantitative estimate of drug-likeness (QED) is 0.714. The summed E-state index contributed by atoms with van der Waals surface area (Å²) in [6.07, 6.45) is 5.26. The first-order chi connectivity index (χ1) is 7.74. The van der Waals surface area contributed by atoms with Gasteiger partial charge in [-0.1, -0.05) is 34.1 Å². The molecular weight excluding hydrogens is 196 g/mol. The normalized spacial score (nSPS) is 27.6. The fourth-order valence-electron chi connectivity index (χ4n) is 2.74. The maximum Gasteiger partial charge on any atom is 0.102 e. The van der Waals surface area contributed by atoms with Crippen LogP contribution in [-0.2, 0) is 0 Å². The Balaban J connectivity index is 0.00000106. The monoisotopic (exact) mass is 226 g/mol. The summed E-state index contributed by atoms with van der Waals surface area (Å²) in [7, 11) is 4.11. The minimum atomic E-state index is 0.707. The molecule has 2 nitrogen and oxygen atoms in total. The van der Waals surface area contributed by atoms with Crippen LogP contribution in [0.15, 0.2) is 4.99 Å². The number of rotatable bonds is 3. The van der Waals surface area contributed by atoms with E-state index in [2.05, 4.69) is 30.8 Å². The van der Waals surface area contributed by atoms with Gasteiger partial charge in [-0.3, -0.25) is 4.99 Å². The van der Waals surface area contributed by atoms with E-state index in [4.69, 9.17) is 0 Å². The van der Waals surface area contributed by atoms with Crippen LogP contribution in [0.5, 0.6) is 0 Å². The number of nitrogens with zero attached hydrogens (tertiary/aromatic N) is 2. The Morgan fingerprint density at radius 1 is 1.31 bits per heavy atom. The van der Waals surface area contributed by atoms with Crippen molar-refractivity contribution in [1.82, 2.24) is 4.90 Å². The zero-order valence-corrected chi connectivity index (χ0v) is 12.1. The highest BCUT2D eigenvalue weighted by Gasteiger charge is 2.30. The maximum absolute atomic E-state index is 4.46. The standard InChI is InChI=1S/C12H24N2.C2H6/c1-5-7-10-8-9-14(4)12(13-3)11(10)6-2;1-2/h10-11H,5-9H2,1-4H3;1-2H3. The summed E-state index contributed by atoms with van der Waals surface area (Å²) in [5.41, 5.74) is 0. The molecule has 0 radical (unpaired) electrons. The van der Waals surface area contributed by atoms with E-state index in [-0.39, 0.29) is 0 Å². The minimum Gasteiger partial charge on any atom is -0.363 e. The van der Waals surface area contributed by atoms with E-state index < -0.39 is 0 Å². The lowest BCUT2D eigenvalue weighted by Gasteiger charge is -2.38. The van der Waals surface area contributed by atoms with Crippen LogP contribution in [-0.4, -0.2) is 31.4 Å². The molecule has 1 aliphatic heterocycles. The smallest absolute Gasteiger partial charge is 0.102 e. The van der Waals surface area contributed by atoms with Gasteiger partial charge in [-0.15, -0.1) is 0 Å². The lowest BCUT2D eigenvalue weighted by molar-refractivity contribution is 0.258. The minimum absolute atomic E-state index is 0.707. The second-order valence-corrected chi connectivity index (χ2v) is 4.36. The predicted octanol–water partition coefficient (Wildman–Crippen LogP) is 3.82. The highest BCUT2D eigenvalue weighted by Crippen LogP contribution is 2.30. The first-order valence-electron chi connectivity index (χ1n) is 6.92. The molecule has 2 heteroatoms. The Bertz CT molecular complexity index is 199. The molecule has 0 aromatic carbocycles. The molecule has 0 aromatic rings. The van der Waals surface area contributed by atoms with Gasteiger partial charge in [-0.2, -0.15) is 0 Å². The van der Waals surface area contributed by atoms with Crippen molar-refractivity contribution in [1.29, 1.82) is 0 Å². The zero-order valence-electron chi connectivity index (χ0n) is 12.1. The fraction of sp³-hybridized carbons (Fsp3) is 0.929. The third-order valence-electron chi connectivity index (χ3n) is 3.46. The van der Waals surface area contributed by atoms with E-state index in [1.165, 1.54) is 38.1 Å².